The molecular formula is C22H22N4O4. The predicted octanol–water partition coefficient (Wildman–Crippen LogP) is 2.80. The number of carbonyl (C=O) groups is 2. The molecule has 1 amide bonds. The van der Waals surface area contributed by atoms with Crippen molar-refractivity contribution in [2.45, 2.75) is 38.1 Å². The van der Waals surface area contributed by atoms with Gasteiger partial charge in [0, 0.05) is 24.4 Å². The maximum Gasteiger partial charge on any atom is 0.306 e. The number of rotatable bonds is 7. The summed E-state index contributed by atoms with van der Waals surface area (Å²) < 4.78 is 10.2. The van der Waals surface area contributed by atoms with E-state index in [1.165, 1.54) is 5.56 Å². The first-order valence-electron chi connectivity index (χ1n) is 9.95. The second-order valence-electron chi connectivity index (χ2n) is 7.13. The van der Waals surface area contributed by atoms with Gasteiger partial charge in [0.25, 0.3) is 5.91 Å². The van der Waals surface area contributed by atoms with Crippen LogP contribution in [0, 0.1) is 0 Å². The number of benzene rings is 1. The minimum Gasteiger partial charge on any atom is -0.456 e. The van der Waals surface area contributed by atoms with E-state index in [4.69, 9.17) is 9.26 Å². The van der Waals surface area contributed by atoms with E-state index in [0.717, 1.165) is 30.4 Å². The van der Waals surface area contributed by atoms with Crippen molar-refractivity contribution in [1.82, 2.24) is 20.4 Å². The van der Waals surface area contributed by atoms with Crippen LogP contribution in [-0.4, -0.2) is 33.6 Å². The number of nitrogens with one attached hydrogen (secondary N) is 1. The van der Waals surface area contributed by atoms with Gasteiger partial charge in [-0.2, -0.15) is 4.98 Å². The number of hydrogen-bond donors (Lipinski definition) is 1. The highest BCUT2D eigenvalue weighted by atomic mass is 16.5. The average molecular weight is 406 g/mol. The molecule has 4 rings (SSSR count). The smallest absolute Gasteiger partial charge is 0.306 e. The van der Waals surface area contributed by atoms with Crippen LogP contribution < -0.4 is 5.32 Å². The van der Waals surface area contributed by atoms with Crippen molar-refractivity contribution in [3.8, 4) is 11.4 Å². The molecule has 0 bridgehead atoms. The van der Waals surface area contributed by atoms with Crippen LogP contribution in [0.2, 0.25) is 0 Å². The Bertz CT molecular complexity index is 1020. The molecule has 0 saturated heterocycles. The average Bonchev–Trinajstić information content (AvgIpc) is 3.26. The van der Waals surface area contributed by atoms with E-state index in [1.807, 2.05) is 24.3 Å². The number of aromatic nitrogens is 3. The molecule has 1 unspecified atom stereocenters. The molecule has 8 nitrogen and oxygen atoms in total. The molecule has 154 valence electrons. The number of nitrogens with zero attached hydrogens (tertiary/aromatic N) is 3. The number of fused-ring (bicyclic) bond motifs is 1. The van der Waals surface area contributed by atoms with Crippen molar-refractivity contribution < 1.29 is 18.8 Å². The predicted molar refractivity (Wildman–Crippen MR) is 107 cm³/mol. The number of esters is 1. The highest BCUT2D eigenvalue weighted by Crippen LogP contribution is 2.29. The first-order valence-corrected chi connectivity index (χ1v) is 9.95. The number of carbonyl (C=O) groups excluding carboxylic acids is 2. The molecular weight excluding hydrogens is 384 g/mol. The summed E-state index contributed by atoms with van der Waals surface area (Å²) in [4.78, 5) is 32.5. The van der Waals surface area contributed by atoms with Gasteiger partial charge in [-0.05, 0) is 42.5 Å². The summed E-state index contributed by atoms with van der Waals surface area (Å²) in [7, 11) is 0. The Morgan fingerprint density at radius 2 is 2.10 bits per heavy atom. The molecule has 1 aliphatic carbocycles. The van der Waals surface area contributed by atoms with Crippen LogP contribution in [0.5, 0.6) is 0 Å². The molecule has 0 saturated carbocycles. The van der Waals surface area contributed by atoms with Gasteiger partial charge < -0.3 is 14.6 Å². The van der Waals surface area contributed by atoms with Crippen LogP contribution in [0.15, 0.2) is 53.3 Å². The molecule has 1 N–H and O–H groups in total. The lowest BCUT2D eigenvalue weighted by molar-refractivity contribution is -0.148. The molecule has 2 aromatic heterocycles. The lowest BCUT2D eigenvalue weighted by Gasteiger charge is -2.26. The van der Waals surface area contributed by atoms with E-state index in [-0.39, 0.29) is 31.4 Å². The van der Waals surface area contributed by atoms with Crippen molar-refractivity contribution in [1.29, 1.82) is 0 Å². The standard InChI is InChI=1S/C22H22N4O4/c27-19(24-18-9-3-6-15-5-1-2-8-17(15)18)14-29-21(28)11-10-20-25-22(26-30-20)16-7-4-12-23-13-16/h1-2,4-5,7-8,12-13,18H,3,6,9-11,14H2,(H,24,27). The van der Waals surface area contributed by atoms with Crippen LogP contribution in [0.1, 0.15) is 42.3 Å². The third-order valence-corrected chi connectivity index (χ3v) is 5.00. The van der Waals surface area contributed by atoms with Crippen LogP contribution in [-0.2, 0) is 27.2 Å². The SMILES string of the molecule is O=C(COC(=O)CCc1nc(-c2cccnc2)no1)NC1CCCc2ccccc21. The Balaban J connectivity index is 1.22. The van der Waals surface area contributed by atoms with E-state index >= 15 is 0 Å². The molecule has 1 atom stereocenters. The van der Waals surface area contributed by atoms with E-state index in [1.54, 1.807) is 18.5 Å². The normalized spacial score (nSPS) is 15.3. The summed E-state index contributed by atoms with van der Waals surface area (Å²) in [5, 5.41) is 6.84. The zero-order valence-electron chi connectivity index (χ0n) is 16.4. The maximum absolute atomic E-state index is 12.2. The summed E-state index contributed by atoms with van der Waals surface area (Å²) in [5.41, 5.74) is 3.14. The van der Waals surface area contributed by atoms with Crippen molar-refractivity contribution in [3.63, 3.8) is 0 Å². The first kappa shape index (κ1) is 19.8. The quantitative estimate of drug-likeness (QED) is 0.601. The zero-order valence-corrected chi connectivity index (χ0v) is 16.4. The van der Waals surface area contributed by atoms with Gasteiger partial charge in [-0.25, -0.2) is 0 Å². The number of amides is 1. The fraction of sp³-hybridized carbons (Fsp3) is 0.318. The molecule has 8 heteroatoms. The molecule has 0 fully saturated rings. The van der Waals surface area contributed by atoms with Crippen LogP contribution >= 0.6 is 0 Å². The van der Waals surface area contributed by atoms with E-state index < -0.39 is 5.97 Å². The molecule has 0 radical (unpaired) electrons. The molecule has 30 heavy (non-hydrogen) atoms. The maximum atomic E-state index is 12.2. The van der Waals surface area contributed by atoms with Gasteiger partial charge >= 0.3 is 5.97 Å². The summed E-state index contributed by atoms with van der Waals surface area (Å²) in [6.07, 6.45) is 6.50. The Hall–Kier alpha value is -3.55. The van der Waals surface area contributed by atoms with Crippen LogP contribution in [0.3, 0.4) is 0 Å². The number of aryl methyl sites for hydroxylation is 2. The molecule has 1 aromatic carbocycles. The van der Waals surface area contributed by atoms with E-state index in [9.17, 15) is 9.59 Å². The van der Waals surface area contributed by atoms with Gasteiger partial charge in [-0.3, -0.25) is 14.6 Å². The number of ether oxygens (including phenoxy) is 1. The Morgan fingerprint density at radius 1 is 1.20 bits per heavy atom. The molecule has 1 aliphatic rings. The third-order valence-electron chi connectivity index (χ3n) is 5.00. The summed E-state index contributed by atoms with van der Waals surface area (Å²) >= 11 is 0. The fourth-order valence-corrected chi connectivity index (χ4v) is 3.54. The lowest BCUT2D eigenvalue weighted by atomic mass is 9.88. The topological polar surface area (TPSA) is 107 Å². The van der Waals surface area contributed by atoms with Gasteiger partial charge in [0.2, 0.25) is 11.7 Å². The number of hydrogen-bond acceptors (Lipinski definition) is 7. The van der Waals surface area contributed by atoms with E-state index in [2.05, 4.69) is 26.5 Å². The highest BCUT2D eigenvalue weighted by Gasteiger charge is 2.22. The first-order chi connectivity index (χ1) is 14.7. The van der Waals surface area contributed by atoms with Crippen molar-refractivity contribution in [2.75, 3.05) is 6.61 Å². The van der Waals surface area contributed by atoms with Gasteiger partial charge in [-0.15, -0.1) is 0 Å². The monoisotopic (exact) mass is 406 g/mol. The Labute approximate surface area is 173 Å². The van der Waals surface area contributed by atoms with Crippen LogP contribution in [0.4, 0.5) is 0 Å². The van der Waals surface area contributed by atoms with Gasteiger partial charge in [0.15, 0.2) is 6.61 Å². The summed E-state index contributed by atoms with van der Waals surface area (Å²) in [6.45, 7) is -0.303. The van der Waals surface area contributed by atoms with Crippen molar-refractivity contribution in [2.24, 2.45) is 0 Å². The van der Waals surface area contributed by atoms with Crippen LogP contribution in [0.25, 0.3) is 11.4 Å². The molecule has 0 aliphatic heterocycles. The minimum absolute atomic E-state index is 0.0366. The second kappa shape index (κ2) is 9.30. The molecule has 3 aromatic rings. The zero-order chi connectivity index (χ0) is 20.8. The largest absolute Gasteiger partial charge is 0.456 e. The van der Waals surface area contributed by atoms with Gasteiger partial charge in [0.05, 0.1) is 12.5 Å². The van der Waals surface area contributed by atoms with Gasteiger partial charge in [-0.1, -0.05) is 29.4 Å². The summed E-state index contributed by atoms with van der Waals surface area (Å²) in [5.74, 6) is -0.0512. The summed E-state index contributed by atoms with van der Waals surface area (Å²) in [6, 6.07) is 11.7. The van der Waals surface area contributed by atoms with E-state index in [0.29, 0.717) is 11.7 Å². The van der Waals surface area contributed by atoms with Crippen molar-refractivity contribution >= 4 is 11.9 Å². The fourth-order valence-electron chi connectivity index (χ4n) is 3.54. The van der Waals surface area contributed by atoms with Crippen molar-refractivity contribution in [3.05, 3.63) is 65.8 Å². The second-order valence-corrected chi connectivity index (χ2v) is 7.13. The Morgan fingerprint density at radius 3 is 2.97 bits per heavy atom. The molecule has 0 spiro atoms. The lowest BCUT2D eigenvalue weighted by Crippen LogP contribution is -2.34. The third kappa shape index (κ3) is 4.89. The molecule has 2 heterocycles. The number of pyridine rings is 1. The highest BCUT2D eigenvalue weighted by molar-refractivity contribution is 5.81. The minimum atomic E-state index is -0.490. The Kier molecular flexibility index (Phi) is 6.12. The van der Waals surface area contributed by atoms with Gasteiger partial charge in [0.1, 0.15) is 0 Å².